The lowest BCUT2D eigenvalue weighted by atomic mass is 10.0. The van der Waals surface area contributed by atoms with E-state index >= 15 is 0 Å². The molecule has 3 nitrogen and oxygen atoms in total. The second-order valence-electron chi connectivity index (χ2n) is 6.01. The summed E-state index contributed by atoms with van der Waals surface area (Å²) in [7, 11) is 0. The fraction of sp³-hybridized carbons (Fsp3) is 0.333. The van der Waals surface area contributed by atoms with Gasteiger partial charge in [0.05, 0.1) is 11.0 Å². The van der Waals surface area contributed by atoms with Gasteiger partial charge in [0, 0.05) is 18.8 Å². The van der Waals surface area contributed by atoms with E-state index in [-0.39, 0.29) is 0 Å². The molecule has 1 saturated carbocycles. The summed E-state index contributed by atoms with van der Waals surface area (Å²) in [5.41, 5.74) is 4.61. The highest BCUT2D eigenvalue weighted by molar-refractivity contribution is 5.81. The first-order chi connectivity index (χ1) is 10.4. The lowest BCUT2D eigenvalue weighted by Gasteiger charge is -2.04. The Morgan fingerprint density at radius 1 is 1.00 bits per heavy atom. The normalized spacial score (nSPS) is 15.8. The first-order valence-electron chi connectivity index (χ1n) is 7.77. The first-order valence-corrected chi connectivity index (χ1v) is 7.77. The fourth-order valence-corrected chi connectivity index (χ4v) is 3.37. The van der Waals surface area contributed by atoms with Crippen LogP contribution >= 0.6 is 0 Å². The van der Waals surface area contributed by atoms with Crippen LogP contribution in [0.15, 0.2) is 42.7 Å². The molecule has 1 fully saturated rings. The second-order valence-corrected chi connectivity index (χ2v) is 6.01. The van der Waals surface area contributed by atoms with Crippen LogP contribution in [0, 0.1) is 5.92 Å². The second kappa shape index (κ2) is 5.32. The summed E-state index contributed by atoms with van der Waals surface area (Å²) in [4.78, 5) is 12.3. The predicted molar refractivity (Wildman–Crippen MR) is 85.0 cm³/mol. The van der Waals surface area contributed by atoms with Crippen molar-refractivity contribution in [3.8, 4) is 11.1 Å². The van der Waals surface area contributed by atoms with E-state index < -0.39 is 0 Å². The zero-order chi connectivity index (χ0) is 14.1. The number of hydrogen-bond acceptors (Lipinski definition) is 2. The Hall–Kier alpha value is -2.16. The number of aromatic amines is 1. The van der Waals surface area contributed by atoms with E-state index in [1.165, 1.54) is 36.8 Å². The Labute approximate surface area is 124 Å². The van der Waals surface area contributed by atoms with E-state index in [1.54, 1.807) is 0 Å². The lowest BCUT2D eigenvalue weighted by Crippen LogP contribution is -2.00. The average Bonchev–Trinajstić information content (AvgIpc) is 3.16. The highest BCUT2D eigenvalue weighted by Crippen LogP contribution is 2.28. The van der Waals surface area contributed by atoms with Gasteiger partial charge in [-0.25, -0.2) is 4.98 Å². The minimum Gasteiger partial charge on any atom is -0.342 e. The van der Waals surface area contributed by atoms with Gasteiger partial charge in [0.15, 0.2) is 0 Å². The van der Waals surface area contributed by atoms with Gasteiger partial charge in [0.2, 0.25) is 0 Å². The summed E-state index contributed by atoms with van der Waals surface area (Å²) in [5.74, 6) is 1.97. The van der Waals surface area contributed by atoms with E-state index in [0.717, 1.165) is 29.2 Å². The monoisotopic (exact) mass is 277 g/mol. The maximum atomic E-state index is 4.74. The zero-order valence-electron chi connectivity index (χ0n) is 12.0. The molecular weight excluding hydrogens is 258 g/mol. The van der Waals surface area contributed by atoms with Crippen molar-refractivity contribution in [2.24, 2.45) is 5.92 Å². The van der Waals surface area contributed by atoms with Crippen LogP contribution in [0.4, 0.5) is 0 Å². The summed E-state index contributed by atoms with van der Waals surface area (Å²) in [6, 6.07) is 10.5. The molecule has 3 aromatic rings. The molecule has 0 unspecified atom stereocenters. The molecule has 0 spiro atoms. The number of rotatable bonds is 3. The third kappa shape index (κ3) is 2.56. The third-order valence-electron chi connectivity index (χ3n) is 4.50. The Morgan fingerprint density at radius 3 is 2.62 bits per heavy atom. The molecule has 2 aromatic heterocycles. The largest absolute Gasteiger partial charge is 0.342 e. The number of benzene rings is 1. The van der Waals surface area contributed by atoms with E-state index in [0.29, 0.717) is 0 Å². The molecule has 106 valence electrons. The van der Waals surface area contributed by atoms with Crippen molar-refractivity contribution in [2.75, 3.05) is 0 Å². The van der Waals surface area contributed by atoms with Crippen molar-refractivity contribution >= 4 is 11.0 Å². The smallest absolute Gasteiger partial charge is 0.107 e. The highest BCUT2D eigenvalue weighted by atomic mass is 14.9. The third-order valence-corrected chi connectivity index (χ3v) is 4.50. The van der Waals surface area contributed by atoms with Gasteiger partial charge in [0.1, 0.15) is 5.82 Å². The van der Waals surface area contributed by atoms with Crippen molar-refractivity contribution in [1.82, 2.24) is 15.0 Å². The van der Waals surface area contributed by atoms with Gasteiger partial charge in [0.25, 0.3) is 0 Å². The van der Waals surface area contributed by atoms with Gasteiger partial charge in [-0.15, -0.1) is 0 Å². The Morgan fingerprint density at radius 2 is 1.81 bits per heavy atom. The fourth-order valence-electron chi connectivity index (χ4n) is 3.37. The van der Waals surface area contributed by atoms with Crippen LogP contribution in [-0.4, -0.2) is 15.0 Å². The van der Waals surface area contributed by atoms with Crippen LogP contribution in [0.25, 0.3) is 22.2 Å². The summed E-state index contributed by atoms with van der Waals surface area (Å²) in [6.45, 7) is 0. The van der Waals surface area contributed by atoms with Crippen molar-refractivity contribution in [3.05, 3.63) is 48.5 Å². The van der Waals surface area contributed by atoms with Gasteiger partial charge in [-0.3, -0.25) is 4.98 Å². The molecule has 1 N–H and O–H groups in total. The lowest BCUT2D eigenvalue weighted by molar-refractivity contribution is 0.534. The van der Waals surface area contributed by atoms with E-state index in [1.807, 2.05) is 24.5 Å². The molecule has 4 rings (SSSR count). The van der Waals surface area contributed by atoms with E-state index in [4.69, 9.17) is 4.98 Å². The standard InChI is InChI=1S/C18H19N3/c1-2-4-13(3-1)11-18-20-16-6-5-15(12-17(16)21-18)14-7-9-19-10-8-14/h5-10,12-13H,1-4,11H2,(H,20,21). The Bertz CT molecular complexity index is 740. The van der Waals surface area contributed by atoms with Crippen LogP contribution < -0.4 is 0 Å². The molecule has 21 heavy (non-hydrogen) atoms. The molecule has 0 saturated heterocycles. The van der Waals surface area contributed by atoms with Gasteiger partial charge in [-0.05, 0) is 41.3 Å². The molecule has 3 heteroatoms. The van der Waals surface area contributed by atoms with E-state index in [9.17, 15) is 0 Å². The topological polar surface area (TPSA) is 41.6 Å². The maximum absolute atomic E-state index is 4.74. The Kier molecular flexibility index (Phi) is 3.18. The van der Waals surface area contributed by atoms with Gasteiger partial charge in [-0.1, -0.05) is 31.7 Å². The molecule has 0 amide bonds. The number of nitrogens with one attached hydrogen (secondary N) is 1. The van der Waals surface area contributed by atoms with Gasteiger partial charge >= 0.3 is 0 Å². The van der Waals surface area contributed by atoms with Crippen molar-refractivity contribution in [1.29, 1.82) is 0 Å². The SMILES string of the molecule is c1cc(-c2ccc3nc(CC4CCCC4)[nH]c3c2)ccn1. The number of imidazole rings is 1. The number of aromatic nitrogens is 3. The highest BCUT2D eigenvalue weighted by Gasteiger charge is 2.17. The first kappa shape index (κ1) is 12.6. The average molecular weight is 277 g/mol. The van der Waals surface area contributed by atoms with Gasteiger partial charge in [-0.2, -0.15) is 0 Å². The number of fused-ring (bicyclic) bond motifs is 1. The maximum Gasteiger partial charge on any atom is 0.107 e. The molecule has 0 bridgehead atoms. The minimum atomic E-state index is 0.824. The predicted octanol–water partition coefficient (Wildman–Crippen LogP) is 4.36. The summed E-state index contributed by atoms with van der Waals surface area (Å²) < 4.78 is 0. The molecule has 1 aliphatic carbocycles. The van der Waals surface area contributed by atoms with Crippen LogP contribution in [0.3, 0.4) is 0 Å². The number of nitrogens with zero attached hydrogens (tertiary/aromatic N) is 2. The number of hydrogen-bond donors (Lipinski definition) is 1. The zero-order valence-corrected chi connectivity index (χ0v) is 12.0. The number of H-pyrrole nitrogens is 1. The number of pyridine rings is 1. The molecular formula is C18H19N3. The quantitative estimate of drug-likeness (QED) is 0.773. The van der Waals surface area contributed by atoms with Gasteiger partial charge < -0.3 is 4.98 Å². The van der Waals surface area contributed by atoms with Crippen LogP contribution in [0.2, 0.25) is 0 Å². The minimum absolute atomic E-state index is 0.824. The molecule has 0 atom stereocenters. The summed E-state index contributed by atoms with van der Waals surface area (Å²) in [6.07, 6.45) is 10.3. The molecule has 2 heterocycles. The Balaban J connectivity index is 1.65. The van der Waals surface area contributed by atoms with Crippen LogP contribution in [0.1, 0.15) is 31.5 Å². The van der Waals surface area contributed by atoms with Crippen LogP contribution in [0.5, 0.6) is 0 Å². The molecule has 1 aliphatic rings. The van der Waals surface area contributed by atoms with E-state index in [2.05, 4.69) is 28.2 Å². The summed E-state index contributed by atoms with van der Waals surface area (Å²) in [5, 5.41) is 0. The van der Waals surface area contributed by atoms with Crippen molar-refractivity contribution < 1.29 is 0 Å². The van der Waals surface area contributed by atoms with Crippen molar-refractivity contribution in [3.63, 3.8) is 0 Å². The van der Waals surface area contributed by atoms with Crippen LogP contribution in [-0.2, 0) is 6.42 Å². The molecule has 0 aliphatic heterocycles. The van der Waals surface area contributed by atoms with Crippen molar-refractivity contribution in [2.45, 2.75) is 32.1 Å². The molecule has 0 radical (unpaired) electrons. The summed E-state index contributed by atoms with van der Waals surface area (Å²) >= 11 is 0. The molecule has 1 aromatic carbocycles.